The molecule has 0 spiro atoms. The van der Waals surface area contributed by atoms with Gasteiger partial charge in [-0.3, -0.25) is 0 Å². The normalized spacial score (nSPS) is 13.3. The van der Waals surface area contributed by atoms with E-state index < -0.39 is 0 Å². The van der Waals surface area contributed by atoms with E-state index in [9.17, 15) is 0 Å². The summed E-state index contributed by atoms with van der Waals surface area (Å²) in [6.07, 6.45) is 3.82. The number of nitrogens with zero attached hydrogens (tertiary/aromatic N) is 1. The molecule has 0 saturated heterocycles. The number of aromatic nitrogens is 1. The zero-order chi connectivity index (χ0) is 18.7. The lowest BCUT2D eigenvalue weighted by Crippen LogP contribution is -2.21. The number of rotatable bonds is 6. The molecule has 1 aromatic heterocycles. The highest BCUT2D eigenvalue weighted by Crippen LogP contribution is 2.40. The van der Waals surface area contributed by atoms with Gasteiger partial charge in [-0.2, -0.15) is 0 Å². The summed E-state index contributed by atoms with van der Waals surface area (Å²) in [5.41, 5.74) is 5.93. The van der Waals surface area contributed by atoms with Crippen molar-refractivity contribution in [3.05, 3.63) is 71.4 Å². The van der Waals surface area contributed by atoms with Crippen LogP contribution in [-0.4, -0.2) is 4.57 Å². The largest absolute Gasteiger partial charge is 0.339 e. The lowest BCUT2D eigenvalue weighted by Gasteiger charge is -2.26. The first-order valence-corrected chi connectivity index (χ1v) is 10.1. The molecule has 1 heteroatoms. The predicted molar refractivity (Wildman–Crippen MR) is 114 cm³/mol. The van der Waals surface area contributed by atoms with Gasteiger partial charge in [-0.15, -0.1) is 0 Å². The molecule has 0 unspecified atom stereocenters. The van der Waals surface area contributed by atoms with Gasteiger partial charge >= 0.3 is 0 Å². The SMILES string of the molecule is CCCC[C@H](C)c1c(C(C)(C)C)n(Cc2ccccc2)c2ccccc12. The molecule has 1 nitrogen and oxygen atoms in total. The Morgan fingerprint density at radius 3 is 2.23 bits per heavy atom. The molecule has 0 aliphatic carbocycles. The van der Waals surface area contributed by atoms with E-state index in [4.69, 9.17) is 0 Å². The Labute approximate surface area is 159 Å². The highest BCUT2D eigenvalue weighted by molar-refractivity contribution is 5.86. The molecule has 26 heavy (non-hydrogen) atoms. The van der Waals surface area contributed by atoms with Crippen LogP contribution >= 0.6 is 0 Å². The van der Waals surface area contributed by atoms with Crippen LogP contribution in [0.1, 0.15) is 76.6 Å². The Morgan fingerprint density at radius 2 is 1.58 bits per heavy atom. The molecular weight excluding hydrogens is 314 g/mol. The van der Waals surface area contributed by atoms with E-state index in [0.717, 1.165) is 6.54 Å². The third kappa shape index (κ3) is 3.72. The third-order valence-electron chi connectivity index (χ3n) is 5.39. The molecule has 0 N–H and O–H groups in total. The summed E-state index contributed by atoms with van der Waals surface area (Å²) in [5, 5.41) is 1.44. The van der Waals surface area contributed by atoms with E-state index in [1.54, 1.807) is 5.56 Å². The number of unbranched alkanes of at least 4 members (excludes halogenated alkanes) is 1. The average Bonchev–Trinajstić information content (AvgIpc) is 2.95. The second kappa shape index (κ2) is 7.70. The molecule has 0 radical (unpaired) electrons. The molecular formula is C25H33N. The van der Waals surface area contributed by atoms with Gasteiger partial charge in [0.2, 0.25) is 0 Å². The Kier molecular flexibility index (Phi) is 5.55. The molecule has 0 bridgehead atoms. The fourth-order valence-electron chi connectivity index (χ4n) is 4.22. The molecule has 3 aromatic rings. The summed E-state index contributed by atoms with van der Waals surface area (Å²) in [7, 11) is 0. The van der Waals surface area contributed by atoms with Crippen LogP contribution < -0.4 is 0 Å². The van der Waals surface area contributed by atoms with Crippen molar-refractivity contribution in [3.8, 4) is 0 Å². The van der Waals surface area contributed by atoms with Gasteiger partial charge in [0.1, 0.15) is 0 Å². The molecule has 138 valence electrons. The van der Waals surface area contributed by atoms with Crippen LogP contribution in [0.3, 0.4) is 0 Å². The molecule has 1 atom stereocenters. The van der Waals surface area contributed by atoms with Crippen LogP contribution in [0, 0.1) is 0 Å². The van der Waals surface area contributed by atoms with Gasteiger partial charge in [-0.05, 0) is 29.5 Å². The predicted octanol–water partition coefficient (Wildman–Crippen LogP) is 7.28. The molecule has 0 aliphatic rings. The van der Waals surface area contributed by atoms with E-state index in [1.807, 2.05) is 0 Å². The van der Waals surface area contributed by atoms with E-state index in [-0.39, 0.29) is 5.41 Å². The minimum Gasteiger partial charge on any atom is -0.339 e. The van der Waals surface area contributed by atoms with Crippen LogP contribution in [0.4, 0.5) is 0 Å². The second-order valence-corrected chi connectivity index (χ2v) is 8.64. The highest BCUT2D eigenvalue weighted by Gasteiger charge is 2.28. The van der Waals surface area contributed by atoms with Crippen molar-refractivity contribution >= 4 is 10.9 Å². The van der Waals surface area contributed by atoms with Crippen molar-refractivity contribution in [1.82, 2.24) is 4.57 Å². The monoisotopic (exact) mass is 347 g/mol. The third-order valence-corrected chi connectivity index (χ3v) is 5.39. The minimum atomic E-state index is 0.115. The summed E-state index contributed by atoms with van der Waals surface area (Å²) in [6, 6.07) is 19.8. The van der Waals surface area contributed by atoms with Gasteiger partial charge < -0.3 is 4.57 Å². The summed E-state index contributed by atoms with van der Waals surface area (Å²) < 4.78 is 2.57. The number of fused-ring (bicyclic) bond motifs is 1. The summed E-state index contributed by atoms with van der Waals surface area (Å²) in [6.45, 7) is 12.7. The zero-order valence-electron chi connectivity index (χ0n) is 17.0. The maximum absolute atomic E-state index is 2.57. The Balaban J connectivity index is 2.22. The van der Waals surface area contributed by atoms with Gasteiger partial charge in [0.15, 0.2) is 0 Å². The van der Waals surface area contributed by atoms with Crippen molar-refractivity contribution in [1.29, 1.82) is 0 Å². The fourth-order valence-corrected chi connectivity index (χ4v) is 4.22. The van der Waals surface area contributed by atoms with Gasteiger partial charge in [0, 0.05) is 28.6 Å². The molecule has 0 fully saturated rings. The van der Waals surface area contributed by atoms with Gasteiger partial charge in [0.25, 0.3) is 0 Å². The van der Waals surface area contributed by atoms with Crippen LogP contribution in [0.2, 0.25) is 0 Å². The van der Waals surface area contributed by atoms with Crippen molar-refractivity contribution in [2.75, 3.05) is 0 Å². The topological polar surface area (TPSA) is 4.93 Å². The Morgan fingerprint density at radius 1 is 0.923 bits per heavy atom. The maximum atomic E-state index is 2.57. The number of hydrogen-bond acceptors (Lipinski definition) is 0. The average molecular weight is 348 g/mol. The van der Waals surface area contributed by atoms with Gasteiger partial charge in [-0.25, -0.2) is 0 Å². The number of benzene rings is 2. The fraction of sp³-hybridized carbons (Fsp3) is 0.440. The van der Waals surface area contributed by atoms with Crippen LogP contribution in [-0.2, 0) is 12.0 Å². The van der Waals surface area contributed by atoms with E-state index >= 15 is 0 Å². The smallest absolute Gasteiger partial charge is 0.0488 e. The molecule has 0 saturated carbocycles. The standard InChI is InChI=1S/C25H33N/c1-6-7-13-19(2)23-21-16-11-12-17-22(21)26(24(23)25(3,4)5)18-20-14-9-8-10-15-20/h8-12,14-17,19H,6-7,13,18H2,1-5H3/t19-/m0/s1. The summed E-state index contributed by atoms with van der Waals surface area (Å²) >= 11 is 0. The summed E-state index contributed by atoms with van der Waals surface area (Å²) in [4.78, 5) is 0. The Bertz CT molecular complexity index is 849. The molecule has 0 aliphatic heterocycles. The Hall–Kier alpha value is -2.02. The lowest BCUT2D eigenvalue weighted by molar-refractivity contribution is 0.515. The van der Waals surface area contributed by atoms with Crippen LogP contribution in [0.15, 0.2) is 54.6 Å². The molecule has 3 rings (SSSR count). The van der Waals surface area contributed by atoms with Gasteiger partial charge in [-0.1, -0.05) is 96.0 Å². The van der Waals surface area contributed by atoms with E-state index in [0.29, 0.717) is 5.92 Å². The summed E-state index contributed by atoms with van der Waals surface area (Å²) in [5.74, 6) is 0.589. The van der Waals surface area contributed by atoms with Crippen LogP contribution in [0.25, 0.3) is 10.9 Å². The first kappa shape index (κ1) is 18.8. The van der Waals surface area contributed by atoms with E-state index in [1.165, 1.54) is 41.4 Å². The first-order valence-electron chi connectivity index (χ1n) is 10.1. The maximum Gasteiger partial charge on any atom is 0.0488 e. The lowest BCUT2D eigenvalue weighted by atomic mass is 9.83. The van der Waals surface area contributed by atoms with Gasteiger partial charge in [0.05, 0.1) is 0 Å². The van der Waals surface area contributed by atoms with E-state index in [2.05, 4.69) is 93.8 Å². The number of para-hydroxylation sites is 1. The molecule has 1 heterocycles. The molecule has 2 aromatic carbocycles. The van der Waals surface area contributed by atoms with Crippen LogP contribution in [0.5, 0.6) is 0 Å². The second-order valence-electron chi connectivity index (χ2n) is 8.64. The van der Waals surface area contributed by atoms with Crippen molar-refractivity contribution < 1.29 is 0 Å². The van der Waals surface area contributed by atoms with Crippen molar-refractivity contribution in [2.45, 2.75) is 71.8 Å². The van der Waals surface area contributed by atoms with Crippen molar-refractivity contribution in [2.24, 2.45) is 0 Å². The first-order chi connectivity index (χ1) is 12.4. The minimum absolute atomic E-state index is 0.115. The quantitative estimate of drug-likeness (QED) is 0.441. The number of hydrogen-bond donors (Lipinski definition) is 0. The molecule has 0 amide bonds. The zero-order valence-corrected chi connectivity index (χ0v) is 17.0. The van der Waals surface area contributed by atoms with Crippen molar-refractivity contribution in [3.63, 3.8) is 0 Å². The highest BCUT2D eigenvalue weighted by atomic mass is 15.0.